The number of nitrogens with one attached hydrogen (secondary N) is 1. The Bertz CT molecular complexity index is 456. The molecule has 0 radical (unpaired) electrons. The highest BCUT2D eigenvalue weighted by molar-refractivity contribution is 7.89. The molecule has 1 aliphatic rings. The molecule has 0 aliphatic heterocycles. The highest BCUT2D eigenvalue weighted by atomic mass is 35.5. The van der Waals surface area contributed by atoms with E-state index in [0.29, 0.717) is 10.8 Å². The number of hydrogen-bond acceptors (Lipinski definition) is 2. The van der Waals surface area contributed by atoms with E-state index in [1.807, 2.05) is 11.5 Å². The minimum Gasteiger partial charge on any atom is -0.349 e. The molecule has 0 spiro atoms. The van der Waals surface area contributed by atoms with Gasteiger partial charge >= 0.3 is 0 Å². The Kier molecular flexibility index (Phi) is 3.28. The van der Waals surface area contributed by atoms with Gasteiger partial charge in [-0.1, -0.05) is 0 Å². The third-order valence-corrected chi connectivity index (χ3v) is 4.41. The van der Waals surface area contributed by atoms with Crippen molar-refractivity contribution in [2.45, 2.75) is 43.1 Å². The molecule has 1 fully saturated rings. The number of nitrogens with zero attached hydrogens (tertiary/aromatic N) is 1. The van der Waals surface area contributed by atoms with Crippen molar-refractivity contribution in [3.8, 4) is 0 Å². The highest BCUT2D eigenvalue weighted by Crippen LogP contribution is 2.23. The lowest BCUT2D eigenvalue weighted by Gasteiger charge is -2.02. The number of aromatic nitrogens is 1. The number of sulfonamides is 1. The fourth-order valence-electron chi connectivity index (χ4n) is 1.57. The van der Waals surface area contributed by atoms with Gasteiger partial charge in [0.25, 0.3) is 0 Å². The Morgan fingerprint density at radius 2 is 2.25 bits per heavy atom. The predicted octanol–water partition coefficient (Wildman–Crippen LogP) is 1.69. The second-order valence-corrected chi connectivity index (χ2v) is 5.96. The van der Waals surface area contributed by atoms with Crippen LogP contribution in [0.2, 0.25) is 0 Å². The van der Waals surface area contributed by atoms with Crippen molar-refractivity contribution in [2.75, 3.05) is 0 Å². The number of aryl methyl sites for hydroxylation is 1. The lowest BCUT2D eigenvalue weighted by molar-refractivity contribution is 0.580. The summed E-state index contributed by atoms with van der Waals surface area (Å²) in [5.41, 5.74) is 0.834. The van der Waals surface area contributed by atoms with Crippen LogP contribution in [0.5, 0.6) is 0 Å². The Labute approximate surface area is 101 Å². The minimum atomic E-state index is -3.35. The molecule has 0 bridgehead atoms. The predicted molar refractivity (Wildman–Crippen MR) is 63.0 cm³/mol. The summed E-state index contributed by atoms with van der Waals surface area (Å²) in [5, 5.41) is 0. The number of rotatable bonds is 5. The topological polar surface area (TPSA) is 51.1 Å². The molecule has 0 amide bonds. The first-order valence-electron chi connectivity index (χ1n) is 5.34. The SMILES string of the molecule is CCn1cc(S(=O)(=O)NC2CC2)cc1CCl. The molecular weight excluding hydrogens is 248 g/mol. The standard InChI is InChI=1S/C10H15ClN2O2S/c1-2-13-7-10(5-9(13)6-11)16(14,15)12-8-3-4-8/h5,7-8,12H,2-4,6H2,1H3. The molecule has 1 aromatic rings. The van der Waals surface area contributed by atoms with Gasteiger partial charge in [0.15, 0.2) is 0 Å². The van der Waals surface area contributed by atoms with Crippen LogP contribution in [-0.2, 0) is 22.4 Å². The fourth-order valence-corrected chi connectivity index (χ4v) is 3.16. The Morgan fingerprint density at radius 1 is 1.56 bits per heavy atom. The average molecular weight is 263 g/mol. The molecule has 16 heavy (non-hydrogen) atoms. The molecule has 0 aromatic carbocycles. The molecule has 0 saturated heterocycles. The van der Waals surface area contributed by atoms with Crippen LogP contribution < -0.4 is 4.72 Å². The van der Waals surface area contributed by atoms with E-state index in [1.165, 1.54) is 0 Å². The third-order valence-electron chi connectivity index (χ3n) is 2.65. The molecule has 0 atom stereocenters. The van der Waals surface area contributed by atoms with Gasteiger partial charge in [-0.15, -0.1) is 11.6 Å². The Balaban J connectivity index is 2.28. The Morgan fingerprint density at radius 3 is 2.69 bits per heavy atom. The largest absolute Gasteiger partial charge is 0.349 e. The summed E-state index contributed by atoms with van der Waals surface area (Å²) >= 11 is 5.76. The van der Waals surface area contributed by atoms with Crippen molar-refractivity contribution in [3.05, 3.63) is 18.0 Å². The first-order valence-corrected chi connectivity index (χ1v) is 7.36. The summed E-state index contributed by atoms with van der Waals surface area (Å²) in [5.74, 6) is 0.326. The number of alkyl halides is 1. The maximum absolute atomic E-state index is 11.9. The van der Waals surface area contributed by atoms with Crippen LogP contribution in [0.25, 0.3) is 0 Å². The summed E-state index contributed by atoms with van der Waals surface area (Å²) in [4.78, 5) is 0.317. The van der Waals surface area contributed by atoms with Gasteiger partial charge in [0.2, 0.25) is 10.0 Å². The van der Waals surface area contributed by atoms with E-state index in [-0.39, 0.29) is 6.04 Å². The lowest BCUT2D eigenvalue weighted by Crippen LogP contribution is -2.25. The molecule has 90 valence electrons. The summed E-state index contributed by atoms with van der Waals surface area (Å²) < 4.78 is 28.3. The van der Waals surface area contributed by atoms with Gasteiger partial charge in [-0.2, -0.15) is 0 Å². The van der Waals surface area contributed by atoms with Gasteiger partial charge in [0, 0.05) is 24.5 Å². The third kappa shape index (κ3) is 2.42. The van der Waals surface area contributed by atoms with Crippen molar-refractivity contribution >= 4 is 21.6 Å². The van der Waals surface area contributed by atoms with Crippen LogP contribution in [0, 0.1) is 0 Å². The average Bonchev–Trinajstić information content (AvgIpc) is 2.93. The van der Waals surface area contributed by atoms with Crippen molar-refractivity contribution in [3.63, 3.8) is 0 Å². The van der Waals surface area contributed by atoms with Crippen molar-refractivity contribution in [1.82, 2.24) is 9.29 Å². The van der Waals surface area contributed by atoms with Gasteiger partial charge in [-0.05, 0) is 25.8 Å². The van der Waals surface area contributed by atoms with Gasteiger partial charge in [0.05, 0.1) is 10.8 Å². The van der Waals surface area contributed by atoms with Crippen molar-refractivity contribution < 1.29 is 8.42 Å². The second-order valence-electron chi connectivity index (χ2n) is 3.98. The molecule has 1 saturated carbocycles. The molecule has 1 aliphatic carbocycles. The van der Waals surface area contributed by atoms with Gasteiger partial charge in [-0.25, -0.2) is 13.1 Å². The van der Waals surface area contributed by atoms with E-state index in [2.05, 4.69) is 4.72 Å². The van der Waals surface area contributed by atoms with Crippen LogP contribution in [0.4, 0.5) is 0 Å². The molecule has 1 N–H and O–H groups in total. The quantitative estimate of drug-likeness (QED) is 0.821. The smallest absolute Gasteiger partial charge is 0.242 e. The molecule has 2 rings (SSSR count). The molecule has 4 nitrogen and oxygen atoms in total. The van der Waals surface area contributed by atoms with Crippen LogP contribution in [0.1, 0.15) is 25.5 Å². The van der Waals surface area contributed by atoms with E-state index in [9.17, 15) is 8.42 Å². The zero-order valence-corrected chi connectivity index (χ0v) is 10.7. The van der Waals surface area contributed by atoms with Crippen molar-refractivity contribution in [2.24, 2.45) is 0 Å². The second kappa shape index (κ2) is 4.39. The van der Waals surface area contributed by atoms with Crippen LogP contribution in [-0.4, -0.2) is 19.0 Å². The van der Waals surface area contributed by atoms with E-state index >= 15 is 0 Å². The molecule has 6 heteroatoms. The highest BCUT2D eigenvalue weighted by Gasteiger charge is 2.28. The van der Waals surface area contributed by atoms with Gasteiger partial charge in [-0.3, -0.25) is 0 Å². The number of halogens is 1. The van der Waals surface area contributed by atoms with E-state index in [0.717, 1.165) is 25.1 Å². The first-order chi connectivity index (χ1) is 7.56. The molecule has 1 heterocycles. The van der Waals surface area contributed by atoms with E-state index in [1.54, 1.807) is 12.3 Å². The van der Waals surface area contributed by atoms with Gasteiger partial charge in [0.1, 0.15) is 0 Å². The maximum atomic E-state index is 11.9. The minimum absolute atomic E-state index is 0.134. The number of hydrogen-bond donors (Lipinski definition) is 1. The zero-order valence-electron chi connectivity index (χ0n) is 9.11. The van der Waals surface area contributed by atoms with E-state index in [4.69, 9.17) is 11.6 Å². The van der Waals surface area contributed by atoms with Crippen molar-refractivity contribution in [1.29, 1.82) is 0 Å². The summed E-state index contributed by atoms with van der Waals surface area (Å²) in [6.45, 7) is 2.68. The monoisotopic (exact) mass is 262 g/mol. The first kappa shape index (κ1) is 12.0. The molecular formula is C10H15ClN2O2S. The van der Waals surface area contributed by atoms with Crippen LogP contribution in [0.3, 0.4) is 0 Å². The zero-order chi connectivity index (χ0) is 11.8. The van der Waals surface area contributed by atoms with Gasteiger partial charge < -0.3 is 4.57 Å². The lowest BCUT2D eigenvalue weighted by atomic mass is 10.5. The van der Waals surface area contributed by atoms with Crippen LogP contribution >= 0.6 is 11.6 Å². The van der Waals surface area contributed by atoms with E-state index < -0.39 is 10.0 Å². The Hall–Kier alpha value is -0.520. The molecule has 0 unspecified atom stereocenters. The fraction of sp³-hybridized carbons (Fsp3) is 0.600. The molecule has 1 aromatic heterocycles. The normalized spacial score (nSPS) is 16.6. The summed E-state index contributed by atoms with van der Waals surface area (Å²) in [6.07, 6.45) is 3.52. The van der Waals surface area contributed by atoms with Crippen LogP contribution in [0.15, 0.2) is 17.2 Å². The maximum Gasteiger partial charge on any atom is 0.242 e. The summed E-state index contributed by atoms with van der Waals surface area (Å²) in [7, 11) is -3.35. The summed E-state index contributed by atoms with van der Waals surface area (Å²) in [6, 6.07) is 1.77.